The highest BCUT2D eigenvalue weighted by atomic mass is 35.5. The molecule has 3 nitrogen and oxygen atoms in total. The SMILES string of the molecule is CC(=O)N1Cc2cc([C@@H]3C[C@@H]3CO)ccc2/C=C\c2cc(Cl)ccc21. The largest absolute Gasteiger partial charge is 0.396 e. The molecule has 1 aliphatic heterocycles. The zero-order valence-corrected chi connectivity index (χ0v) is 14.8. The summed E-state index contributed by atoms with van der Waals surface area (Å²) >= 11 is 6.13. The second-order valence-electron chi connectivity index (χ2n) is 6.88. The Bertz CT molecular complexity index is 874. The van der Waals surface area contributed by atoms with Gasteiger partial charge < -0.3 is 10.0 Å². The Labute approximate surface area is 152 Å². The van der Waals surface area contributed by atoms with Gasteiger partial charge >= 0.3 is 0 Å². The van der Waals surface area contributed by atoms with Gasteiger partial charge in [0.2, 0.25) is 5.91 Å². The van der Waals surface area contributed by atoms with Crippen molar-refractivity contribution in [3.63, 3.8) is 0 Å². The Balaban J connectivity index is 1.78. The van der Waals surface area contributed by atoms with E-state index in [1.165, 1.54) is 5.56 Å². The van der Waals surface area contributed by atoms with Crippen molar-refractivity contribution in [2.24, 2.45) is 5.92 Å². The van der Waals surface area contributed by atoms with E-state index in [1.807, 2.05) is 24.3 Å². The fourth-order valence-electron chi connectivity index (χ4n) is 3.63. The van der Waals surface area contributed by atoms with E-state index in [2.05, 4.69) is 24.3 Å². The van der Waals surface area contributed by atoms with Crippen LogP contribution in [0.3, 0.4) is 0 Å². The molecule has 2 aliphatic rings. The molecule has 25 heavy (non-hydrogen) atoms. The predicted octanol–water partition coefficient (Wildman–Crippen LogP) is 4.47. The lowest BCUT2D eigenvalue weighted by Gasteiger charge is -2.26. The number of carbonyl (C=O) groups excluding carboxylic acids is 1. The molecular formula is C21H20ClNO2. The van der Waals surface area contributed by atoms with Gasteiger partial charge in [0, 0.05) is 18.6 Å². The first kappa shape index (κ1) is 16.4. The molecule has 0 unspecified atom stereocenters. The van der Waals surface area contributed by atoms with Gasteiger partial charge in [0.15, 0.2) is 0 Å². The van der Waals surface area contributed by atoms with Crippen molar-refractivity contribution in [2.75, 3.05) is 11.5 Å². The quantitative estimate of drug-likeness (QED) is 0.865. The van der Waals surface area contributed by atoms with E-state index in [1.54, 1.807) is 11.8 Å². The van der Waals surface area contributed by atoms with Crippen LogP contribution in [0, 0.1) is 5.92 Å². The normalized spacial score (nSPS) is 22.4. The number of halogens is 1. The average Bonchev–Trinajstić information content (AvgIpc) is 3.36. The molecule has 1 fully saturated rings. The summed E-state index contributed by atoms with van der Waals surface area (Å²) in [4.78, 5) is 14.1. The van der Waals surface area contributed by atoms with Crippen LogP contribution in [0.4, 0.5) is 5.69 Å². The van der Waals surface area contributed by atoms with E-state index in [9.17, 15) is 9.90 Å². The summed E-state index contributed by atoms with van der Waals surface area (Å²) in [6, 6.07) is 12.1. The summed E-state index contributed by atoms with van der Waals surface area (Å²) in [5.74, 6) is 0.838. The number of amides is 1. The summed E-state index contributed by atoms with van der Waals surface area (Å²) in [5.41, 5.74) is 5.32. The molecule has 2 aromatic carbocycles. The summed E-state index contributed by atoms with van der Waals surface area (Å²) in [7, 11) is 0. The zero-order chi connectivity index (χ0) is 17.6. The lowest BCUT2D eigenvalue weighted by atomic mass is 9.97. The number of fused-ring (bicyclic) bond motifs is 2. The second-order valence-corrected chi connectivity index (χ2v) is 7.32. The van der Waals surface area contributed by atoms with Gasteiger partial charge in [-0.2, -0.15) is 0 Å². The van der Waals surface area contributed by atoms with Crippen molar-refractivity contribution < 1.29 is 9.90 Å². The second kappa shape index (κ2) is 6.32. The number of benzene rings is 2. The third kappa shape index (κ3) is 3.10. The number of aliphatic hydroxyl groups is 1. The minimum absolute atomic E-state index is 0.00915. The van der Waals surface area contributed by atoms with Gasteiger partial charge in [-0.3, -0.25) is 4.79 Å². The lowest BCUT2D eigenvalue weighted by molar-refractivity contribution is -0.116. The molecule has 2 aromatic rings. The van der Waals surface area contributed by atoms with Crippen molar-refractivity contribution in [1.82, 2.24) is 0 Å². The van der Waals surface area contributed by atoms with Crippen LogP contribution in [0.5, 0.6) is 0 Å². The van der Waals surface area contributed by atoms with Crippen molar-refractivity contribution in [3.8, 4) is 0 Å². The first-order valence-corrected chi connectivity index (χ1v) is 8.94. The van der Waals surface area contributed by atoms with Gasteiger partial charge in [-0.25, -0.2) is 0 Å². The first-order chi connectivity index (χ1) is 12.1. The summed E-state index contributed by atoms with van der Waals surface area (Å²) < 4.78 is 0. The highest BCUT2D eigenvalue weighted by Gasteiger charge is 2.37. The lowest BCUT2D eigenvalue weighted by Crippen LogP contribution is -2.29. The number of nitrogens with zero attached hydrogens (tertiary/aromatic N) is 1. The van der Waals surface area contributed by atoms with Gasteiger partial charge in [0.05, 0.1) is 12.2 Å². The maximum atomic E-state index is 12.3. The van der Waals surface area contributed by atoms with Gasteiger partial charge in [0.25, 0.3) is 0 Å². The summed E-state index contributed by atoms with van der Waals surface area (Å²) in [5, 5.41) is 9.99. The predicted molar refractivity (Wildman–Crippen MR) is 102 cm³/mol. The van der Waals surface area contributed by atoms with Gasteiger partial charge in [0.1, 0.15) is 0 Å². The number of carbonyl (C=O) groups is 1. The third-order valence-corrected chi connectivity index (χ3v) is 5.42. The minimum atomic E-state index is 0.00915. The van der Waals surface area contributed by atoms with Crippen LogP contribution in [-0.4, -0.2) is 17.6 Å². The molecule has 1 heterocycles. The maximum Gasteiger partial charge on any atom is 0.224 e. The topological polar surface area (TPSA) is 40.5 Å². The number of rotatable bonds is 2. The van der Waals surface area contributed by atoms with Crippen LogP contribution in [0.1, 0.15) is 41.5 Å². The van der Waals surface area contributed by atoms with Gasteiger partial charge in [-0.05, 0) is 58.7 Å². The van der Waals surface area contributed by atoms with E-state index >= 15 is 0 Å². The van der Waals surface area contributed by atoms with Crippen molar-refractivity contribution >= 4 is 35.3 Å². The van der Waals surface area contributed by atoms with E-state index in [0.717, 1.165) is 28.8 Å². The average molecular weight is 354 g/mol. The molecule has 1 amide bonds. The standard InChI is InChI=1S/C21H20ClNO2/c1-13(25)23-11-17-8-15(20-10-18(20)12-24)4-2-14(17)3-5-16-9-19(22)6-7-21(16)23/h2-9,18,20,24H,10-12H2,1H3/b5-3-/t18-,20+/m1/s1. The molecule has 0 saturated heterocycles. The molecule has 2 atom stereocenters. The molecule has 4 rings (SSSR count). The number of hydrogen-bond acceptors (Lipinski definition) is 2. The fraction of sp³-hybridized carbons (Fsp3) is 0.286. The monoisotopic (exact) mass is 353 g/mol. The molecule has 4 heteroatoms. The van der Waals surface area contributed by atoms with Crippen LogP contribution in [0.15, 0.2) is 36.4 Å². The molecule has 0 aromatic heterocycles. The molecule has 0 spiro atoms. The maximum absolute atomic E-state index is 12.3. The van der Waals surface area contributed by atoms with Crippen molar-refractivity contribution in [1.29, 1.82) is 0 Å². The van der Waals surface area contributed by atoms with E-state index in [-0.39, 0.29) is 12.5 Å². The van der Waals surface area contributed by atoms with Gasteiger partial charge in [-0.1, -0.05) is 42.0 Å². The Hall–Kier alpha value is -2.10. The van der Waals surface area contributed by atoms with Gasteiger partial charge in [-0.15, -0.1) is 0 Å². The summed E-state index contributed by atoms with van der Waals surface area (Å²) in [6.07, 6.45) is 5.15. The Kier molecular flexibility index (Phi) is 4.14. The first-order valence-electron chi connectivity index (χ1n) is 8.56. The van der Waals surface area contributed by atoms with Crippen molar-refractivity contribution in [3.05, 3.63) is 63.7 Å². The molecular weight excluding hydrogens is 334 g/mol. The van der Waals surface area contributed by atoms with E-state index < -0.39 is 0 Å². The van der Waals surface area contributed by atoms with Crippen LogP contribution in [0.2, 0.25) is 5.02 Å². The molecule has 1 N–H and O–H groups in total. The third-order valence-electron chi connectivity index (χ3n) is 5.18. The molecule has 0 radical (unpaired) electrons. The van der Waals surface area contributed by atoms with Crippen LogP contribution in [-0.2, 0) is 11.3 Å². The molecule has 1 aliphatic carbocycles. The minimum Gasteiger partial charge on any atom is -0.396 e. The highest BCUT2D eigenvalue weighted by molar-refractivity contribution is 6.30. The Morgan fingerprint density at radius 2 is 2.00 bits per heavy atom. The van der Waals surface area contributed by atoms with Crippen molar-refractivity contribution in [2.45, 2.75) is 25.8 Å². The smallest absolute Gasteiger partial charge is 0.224 e. The van der Waals surface area contributed by atoms with Crippen LogP contribution >= 0.6 is 11.6 Å². The van der Waals surface area contributed by atoms with Crippen LogP contribution in [0.25, 0.3) is 12.2 Å². The Morgan fingerprint density at radius 3 is 2.72 bits per heavy atom. The Morgan fingerprint density at radius 1 is 1.20 bits per heavy atom. The fourth-order valence-corrected chi connectivity index (χ4v) is 3.81. The molecule has 1 saturated carbocycles. The van der Waals surface area contributed by atoms with Crippen LogP contribution < -0.4 is 4.90 Å². The molecule has 0 bridgehead atoms. The van der Waals surface area contributed by atoms with E-state index in [0.29, 0.717) is 23.4 Å². The number of anilines is 1. The zero-order valence-electron chi connectivity index (χ0n) is 14.1. The number of aliphatic hydroxyl groups excluding tert-OH is 1. The molecule has 128 valence electrons. The number of hydrogen-bond donors (Lipinski definition) is 1. The van der Waals surface area contributed by atoms with E-state index in [4.69, 9.17) is 11.6 Å². The highest BCUT2D eigenvalue weighted by Crippen LogP contribution is 2.47. The summed E-state index contributed by atoms with van der Waals surface area (Å²) in [6.45, 7) is 2.37.